The Morgan fingerprint density at radius 2 is 2.25 bits per heavy atom. The Hall–Kier alpha value is -0.610. The Morgan fingerprint density at radius 1 is 1.56 bits per heavy atom. The molecule has 0 saturated carbocycles. The lowest BCUT2D eigenvalue weighted by molar-refractivity contribution is -0.126. The first-order valence-electron chi connectivity index (χ1n) is 6.05. The summed E-state index contributed by atoms with van der Waals surface area (Å²) in [6, 6.07) is -0.122. The van der Waals surface area contributed by atoms with Crippen LogP contribution in [-0.2, 0) is 9.53 Å². The summed E-state index contributed by atoms with van der Waals surface area (Å²) in [5, 5.41) is 12.1. The molecule has 0 aliphatic carbocycles. The van der Waals surface area contributed by atoms with Gasteiger partial charge in [-0.3, -0.25) is 4.79 Å². The van der Waals surface area contributed by atoms with Crippen LogP contribution in [0.4, 0.5) is 0 Å². The van der Waals surface area contributed by atoms with Crippen LogP contribution in [0.1, 0.15) is 33.6 Å². The molecular weight excluding hydrogens is 206 g/mol. The van der Waals surface area contributed by atoms with Gasteiger partial charge in [-0.15, -0.1) is 0 Å². The molecule has 4 heteroatoms. The van der Waals surface area contributed by atoms with Crippen molar-refractivity contribution in [1.82, 2.24) is 5.32 Å². The standard InChI is InChI=1S/C12H23NO3/c1-8(2)4-11(6-14)13-12(15)10-5-9(3)16-7-10/h8-11,14H,4-7H2,1-3H3,(H,13,15). The summed E-state index contributed by atoms with van der Waals surface area (Å²) in [5.74, 6) is 0.441. The van der Waals surface area contributed by atoms with Gasteiger partial charge in [0.15, 0.2) is 0 Å². The minimum atomic E-state index is -0.122. The van der Waals surface area contributed by atoms with Crippen LogP contribution in [0.2, 0.25) is 0 Å². The first-order valence-corrected chi connectivity index (χ1v) is 6.05. The molecule has 3 unspecified atom stereocenters. The topological polar surface area (TPSA) is 58.6 Å². The van der Waals surface area contributed by atoms with Crippen molar-refractivity contribution in [1.29, 1.82) is 0 Å². The summed E-state index contributed by atoms with van der Waals surface area (Å²) in [5.41, 5.74) is 0. The van der Waals surface area contributed by atoms with Crippen molar-refractivity contribution in [2.24, 2.45) is 11.8 Å². The fraction of sp³-hybridized carbons (Fsp3) is 0.917. The van der Waals surface area contributed by atoms with Crippen molar-refractivity contribution in [2.75, 3.05) is 13.2 Å². The number of aliphatic hydroxyl groups is 1. The first kappa shape index (κ1) is 13.5. The zero-order valence-electron chi connectivity index (χ0n) is 10.4. The summed E-state index contributed by atoms with van der Waals surface area (Å²) in [6.45, 7) is 6.65. The summed E-state index contributed by atoms with van der Waals surface area (Å²) in [4.78, 5) is 11.8. The molecule has 0 spiro atoms. The number of ether oxygens (including phenoxy) is 1. The summed E-state index contributed by atoms with van der Waals surface area (Å²) in [7, 11) is 0. The Labute approximate surface area is 97.4 Å². The zero-order chi connectivity index (χ0) is 12.1. The highest BCUT2D eigenvalue weighted by molar-refractivity contribution is 5.79. The molecule has 1 aliphatic heterocycles. The van der Waals surface area contributed by atoms with Gasteiger partial charge in [0.05, 0.1) is 31.3 Å². The van der Waals surface area contributed by atoms with Gasteiger partial charge < -0.3 is 15.2 Å². The van der Waals surface area contributed by atoms with Crippen molar-refractivity contribution in [3.8, 4) is 0 Å². The number of rotatable bonds is 5. The van der Waals surface area contributed by atoms with Crippen molar-refractivity contribution in [2.45, 2.75) is 45.8 Å². The number of aliphatic hydroxyl groups excluding tert-OH is 1. The van der Waals surface area contributed by atoms with E-state index in [2.05, 4.69) is 19.2 Å². The van der Waals surface area contributed by atoms with Crippen LogP contribution >= 0.6 is 0 Å². The maximum Gasteiger partial charge on any atom is 0.225 e. The molecule has 0 aromatic carbocycles. The normalized spacial score (nSPS) is 27.1. The van der Waals surface area contributed by atoms with E-state index in [0.717, 1.165) is 12.8 Å². The van der Waals surface area contributed by atoms with Crippen molar-refractivity contribution < 1.29 is 14.6 Å². The number of amides is 1. The van der Waals surface area contributed by atoms with E-state index in [-0.39, 0.29) is 30.6 Å². The number of hydrogen-bond acceptors (Lipinski definition) is 3. The zero-order valence-corrected chi connectivity index (χ0v) is 10.4. The van der Waals surface area contributed by atoms with Crippen molar-refractivity contribution >= 4 is 5.91 Å². The number of carbonyl (C=O) groups is 1. The highest BCUT2D eigenvalue weighted by Gasteiger charge is 2.29. The average Bonchev–Trinajstić information content (AvgIpc) is 2.63. The summed E-state index contributed by atoms with van der Waals surface area (Å²) in [6.07, 6.45) is 1.77. The fourth-order valence-corrected chi connectivity index (χ4v) is 2.07. The smallest absolute Gasteiger partial charge is 0.225 e. The fourth-order valence-electron chi connectivity index (χ4n) is 2.07. The van der Waals surface area contributed by atoms with E-state index in [9.17, 15) is 9.90 Å². The maximum absolute atomic E-state index is 11.8. The van der Waals surface area contributed by atoms with Gasteiger partial charge in [0, 0.05) is 0 Å². The molecule has 94 valence electrons. The van der Waals surface area contributed by atoms with Crippen LogP contribution in [0.5, 0.6) is 0 Å². The third-order valence-electron chi connectivity index (χ3n) is 2.89. The second-order valence-electron chi connectivity index (χ2n) is 5.09. The monoisotopic (exact) mass is 229 g/mol. The summed E-state index contributed by atoms with van der Waals surface area (Å²) < 4.78 is 5.36. The van der Waals surface area contributed by atoms with Crippen molar-refractivity contribution in [3.05, 3.63) is 0 Å². The predicted molar refractivity (Wildman–Crippen MR) is 62.0 cm³/mol. The van der Waals surface area contributed by atoms with E-state index >= 15 is 0 Å². The van der Waals surface area contributed by atoms with Gasteiger partial charge in [-0.05, 0) is 25.7 Å². The SMILES string of the molecule is CC(C)CC(CO)NC(=O)C1COC(C)C1. The lowest BCUT2D eigenvalue weighted by Gasteiger charge is -2.20. The van der Waals surface area contributed by atoms with Crippen LogP contribution < -0.4 is 5.32 Å². The molecule has 1 heterocycles. The summed E-state index contributed by atoms with van der Waals surface area (Å²) >= 11 is 0. The Kier molecular flexibility index (Phi) is 5.22. The van der Waals surface area contributed by atoms with E-state index in [0.29, 0.717) is 12.5 Å². The second kappa shape index (κ2) is 6.21. The van der Waals surface area contributed by atoms with Gasteiger partial charge >= 0.3 is 0 Å². The molecule has 0 radical (unpaired) electrons. The second-order valence-corrected chi connectivity index (χ2v) is 5.09. The minimum Gasteiger partial charge on any atom is -0.394 e. The molecular formula is C12H23NO3. The molecule has 0 aromatic rings. The van der Waals surface area contributed by atoms with Gasteiger partial charge in [-0.25, -0.2) is 0 Å². The highest BCUT2D eigenvalue weighted by Crippen LogP contribution is 2.19. The van der Waals surface area contributed by atoms with Gasteiger partial charge in [-0.1, -0.05) is 13.8 Å². The Balaban J connectivity index is 2.36. The lowest BCUT2D eigenvalue weighted by atomic mass is 10.0. The largest absolute Gasteiger partial charge is 0.394 e. The molecule has 1 rings (SSSR count). The Bertz CT molecular complexity index is 230. The van der Waals surface area contributed by atoms with Gasteiger partial charge in [0.25, 0.3) is 0 Å². The van der Waals surface area contributed by atoms with Crippen LogP contribution in [0.3, 0.4) is 0 Å². The molecule has 4 nitrogen and oxygen atoms in total. The molecule has 1 amide bonds. The molecule has 0 aromatic heterocycles. The molecule has 1 fully saturated rings. The molecule has 2 N–H and O–H groups in total. The molecule has 3 atom stereocenters. The van der Waals surface area contributed by atoms with Crippen LogP contribution in [0, 0.1) is 11.8 Å². The average molecular weight is 229 g/mol. The predicted octanol–water partition coefficient (Wildman–Crippen LogP) is 0.935. The number of hydrogen-bond donors (Lipinski definition) is 2. The Morgan fingerprint density at radius 3 is 2.69 bits per heavy atom. The number of carbonyl (C=O) groups excluding carboxylic acids is 1. The van der Waals surface area contributed by atoms with E-state index in [4.69, 9.17) is 4.74 Å². The quantitative estimate of drug-likeness (QED) is 0.737. The number of nitrogens with one attached hydrogen (secondary N) is 1. The molecule has 1 saturated heterocycles. The third kappa shape index (κ3) is 4.10. The lowest BCUT2D eigenvalue weighted by Crippen LogP contribution is -2.42. The minimum absolute atomic E-state index is 0.00699. The van der Waals surface area contributed by atoms with E-state index in [1.165, 1.54) is 0 Å². The maximum atomic E-state index is 11.8. The van der Waals surface area contributed by atoms with E-state index < -0.39 is 0 Å². The van der Waals surface area contributed by atoms with Gasteiger partial charge in [0.2, 0.25) is 5.91 Å². The molecule has 1 aliphatic rings. The third-order valence-corrected chi connectivity index (χ3v) is 2.89. The molecule has 16 heavy (non-hydrogen) atoms. The highest BCUT2D eigenvalue weighted by atomic mass is 16.5. The van der Waals surface area contributed by atoms with Crippen LogP contribution in [-0.4, -0.2) is 36.4 Å². The van der Waals surface area contributed by atoms with Gasteiger partial charge in [-0.2, -0.15) is 0 Å². The van der Waals surface area contributed by atoms with Gasteiger partial charge in [0.1, 0.15) is 0 Å². The van der Waals surface area contributed by atoms with E-state index in [1.807, 2.05) is 6.92 Å². The molecule has 0 bridgehead atoms. The van der Waals surface area contributed by atoms with Crippen LogP contribution in [0.15, 0.2) is 0 Å². The van der Waals surface area contributed by atoms with E-state index in [1.54, 1.807) is 0 Å². The van der Waals surface area contributed by atoms with Crippen molar-refractivity contribution in [3.63, 3.8) is 0 Å². The first-order chi connectivity index (χ1) is 7.52. The van der Waals surface area contributed by atoms with Crippen LogP contribution in [0.25, 0.3) is 0 Å².